The quantitative estimate of drug-likeness (QED) is 0.615. The molecule has 1 saturated heterocycles. The van der Waals surface area contributed by atoms with Gasteiger partial charge in [0.25, 0.3) is 5.91 Å². The predicted octanol–water partition coefficient (Wildman–Crippen LogP) is 3.45. The molecule has 1 aliphatic rings. The first-order valence-electron chi connectivity index (χ1n) is 9.50. The molecule has 7 nitrogen and oxygen atoms in total. The van der Waals surface area contributed by atoms with E-state index in [1.165, 1.54) is 4.57 Å². The monoisotopic (exact) mass is 447 g/mol. The van der Waals surface area contributed by atoms with E-state index in [1.807, 2.05) is 0 Å². The summed E-state index contributed by atoms with van der Waals surface area (Å²) < 4.78 is 6.60. The van der Waals surface area contributed by atoms with Crippen molar-refractivity contribution in [3.63, 3.8) is 0 Å². The van der Waals surface area contributed by atoms with E-state index in [0.29, 0.717) is 47.9 Å². The number of hydrogen-bond acceptors (Lipinski definition) is 4. The lowest BCUT2D eigenvalue weighted by molar-refractivity contribution is -0.135. The summed E-state index contributed by atoms with van der Waals surface area (Å²) in [5.74, 6) is -0.988. The zero-order chi connectivity index (χ0) is 21.4. The molecule has 156 valence electrons. The highest BCUT2D eigenvalue weighted by Gasteiger charge is 2.30. The SMILES string of the molecule is CC(C(=O)N1CCN(C(=O)c2cccc(Cl)c2Cl)CC1)n1c(=O)oc2ccccc21. The molecule has 0 saturated carbocycles. The van der Waals surface area contributed by atoms with E-state index in [4.69, 9.17) is 27.6 Å². The average molecular weight is 448 g/mol. The summed E-state index contributed by atoms with van der Waals surface area (Å²) in [4.78, 5) is 41.4. The summed E-state index contributed by atoms with van der Waals surface area (Å²) >= 11 is 12.2. The molecule has 1 aliphatic heterocycles. The minimum Gasteiger partial charge on any atom is -0.408 e. The second-order valence-corrected chi connectivity index (χ2v) is 7.89. The van der Waals surface area contributed by atoms with Gasteiger partial charge in [0.2, 0.25) is 5.91 Å². The van der Waals surface area contributed by atoms with Gasteiger partial charge in [0.15, 0.2) is 5.58 Å². The number of carbonyl (C=O) groups excluding carboxylic acids is 2. The van der Waals surface area contributed by atoms with Gasteiger partial charge in [-0.1, -0.05) is 41.4 Å². The van der Waals surface area contributed by atoms with Gasteiger partial charge in [-0.3, -0.25) is 14.2 Å². The molecule has 3 aromatic rings. The molecule has 4 rings (SSSR count). The fourth-order valence-corrected chi connectivity index (χ4v) is 4.08. The number of para-hydroxylation sites is 2. The van der Waals surface area contributed by atoms with Gasteiger partial charge in [-0.2, -0.15) is 0 Å². The van der Waals surface area contributed by atoms with Crippen LogP contribution in [0.4, 0.5) is 0 Å². The van der Waals surface area contributed by atoms with Gasteiger partial charge in [0, 0.05) is 26.2 Å². The maximum absolute atomic E-state index is 13.0. The standard InChI is InChI=1S/C21H19Cl2N3O4/c1-13(26-16-7-2-3-8-17(16)30-21(26)29)19(27)24-9-11-25(12-10-24)20(28)14-5-4-6-15(22)18(14)23/h2-8,13H,9-12H2,1H3. The first-order valence-corrected chi connectivity index (χ1v) is 10.3. The van der Waals surface area contributed by atoms with Gasteiger partial charge in [0.1, 0.15) is 6.04 Å². The highest BCUT2D eigenvalue weighted by Crippen LogP contribution is 2.27. The molecule has 2 aromatic carbocycles. The summed E-state index contributed by atoms with van der Waals surface area (Å²) in [6.45, 7) is 3.12. The van der Waals surface area contributed by atoms with Crippen molar-refractivity contribution in [1.82, 2.24) is 14.4 Å². The fraction of sp³-hybridized carbons (Fsp3) is 0.286. The fourth-order valence-electron chi connectivity index (χ4n) is 3.69. The number of oxazole rings is 1. The topological polar surface area (TPSA) is 75.8 Å². The molecule has 0 N–H and O–H groups in total. The third-order valence-electron chi connectivity index (χ3n) is 5.32. The number of aromatic nitrogens is 1. The van der Waals surface area contributed by atoms with Gasteiger partial charge in [-0.05, 0) is 31.2 Å². The maximum atomic E-state index is 13.0. The van der Waals surface area contributed by atoms with E-state index in [9.17, 15) is 14.4 Å². The Bertz CT molecular complexity index is 1180. The Balaban J connectivity index is 1.46. The number of piperazine rings is 1. The molecule has 0 radical (unpaired) electrons. The Hall–Kier alpha value is -2.77. The van der Waals surface area contributed by atoms with Gasteiger partial charge in [-0.15, -0.1) is 0 Å². The number of nitrogens with zero attached hydrogens (tertiary/aromatic N) is 3. The largest absolute Gasteiger partial charge is 0.420 e. The Morgan fingerprint density at radius 3 is 2.37 bits per heavy atom. The lowest BCUT2D eigenvalue weighted by Crippen LogP contribution is -2.52. The molecule has 1 unspecified atom stereocenters. The molecule has 2 heterocycles. The summed E-state index contributed by atoms with van der Waals surface area (Å²) in [5, 5.41) is 0.547. The molecule has 30 heavy (non-hydrogen) atoms. The van der Waals surface area contributed by atoms with Gasteiger partial charge in [-0.25, -0.2) is 4.79 Å². The van der Waals surface area contributed by atoms with E-state index in [2.05, 4.69) is 0 Å². The van der Waals surface area contributed by atoms with Crippen LogP contribution < -0.4 is 5.76 Å². The molecule has 0 aliphatic carbocycles. The first kappa shape index (κ1) is 20.5. The van der Waals surface area contributed by atoms with E-state index < -0.39 is 11.8 Å². The number of benzene rings is 2. The highest BCUT2D eigenvalue weighted by atomic mass is 35.5. The van der Waals surface area contributed by atoms with Crippen LogP contribution >= 0.6 is 23.2 Å². The minimum atomic E-state index is -0.717. The summed E-state index contributed by atoms with van der Waals surface area (Å²) in [7, 11) is 0. The zero-order valence-corrected chi connectivity index (χ0v) is 17.7. The number of hydrogen-bond donors (Lipinski definition) is 0. The normalized spacial score (nSPS) is 15.4. The second kappa shape index (κ2) is 8.16. The molecule has 9 heteroatoms. The van der Waals surface area contributed by atoms with Gasteiger partial charge < -0.3 is 14.2 Å². The van der Waals surface area contributed by atoms with E-state index in [-0.39, 0.29) is 16.8 Å². The lowest BCUT2D eigenvalue weighted by Gasteiger charge is -2.36. The van der Waals surface area contributed by atoms with Crippen molar-refractivity contribution in [2.75, 3.05) is 26.2 Å². The molecular formula is C21H19Cl2N3O4. The van der Waals surface area contributed by atoms with Crippen LogP contribution in [0.15, 0.2) is 51.7 Å². The first-order chi connectivity index (χ1) is 14.4. The average Bonchev–Trinajstić information content (AvgIpc) is 3.10. The number of halogens is 2. The highest BCUT2D eigenvalue weighted by molar-refractivity contribution is 6.43. The predicted molar refractivity (Wildman–Crippen MR) is 114 cm³/mol. The molecule has 1 fully saturated rings. The zero-order valence-electron chi connectivity index (χ0n) is 16.2. The molecule has 2 amide bonds. The van der Waals surface area contributed by atoms with Crippen LogP contribution in [-0.2, 0) is 4.79 Å². The van der Waals surface area contributed by atoms with Crippen LogP contribution in [0, 0.1) is 0 Å². The number of carbonyl (C=O) groups is 2. The minimum absolute atomic E-state index is 0.198. The second-order valence-electron chi connectivity index (χ2n) is 7.10. The van der Waals surface area contributed by atoms with Crippen molar-refractivity contribution in [3.05, 3.63) is 68.6 Å². The molecule has 1 aromatic heterocycles. The summed E-state index contributed by atoms with van der Waals surface area (Å²) in [6.07, 6.45) is 0. The van der Waals surface area contributed by atoms with Crippen molar-refractivity contribution in [1.29, 1.82) is 0 Å². The Kier molecular flexibility index (Phi) is 5.58. The van der Waals surface area contributed by atoms with Crippen LogP contribution in [0.2, 0.25) is 10.0 Å². The van der Waals surface area contributed by atoms with Crippen molar-refractivity contribution in [3.8, 4) is 0 Å². The summed E-state index contributed by atoms with van der Waals surface area (Å²) in [6, 6.07) is 11.2. The van der Waals surface area contributed by atoms with E-state index in [1.54, 1.807) is 59.2 Å². The van der Waals surface area contributed by atoms with Crippen molar-refractivity contribution >= 4 is 46.1 Å². The van der Waals surface area contributed by atoms with Gasteiger partial charge in [0.05, 0.1) is 21.1 Å². The summed E-state index contributed by atoms with van der Waals surface area (Å²) in [5.41, 5.74) is 1.36. The molecule has 0 spiro atoms. The van der Waals surface area contributed by atoms with Crippen LogP contribution in [0.25, 0.3) is 11.1 Å². The number of fused-ring (bicyclic) bond motifs is 1. The Morgan fingerprint density at radius 2 is 1.63 bits per heavy atom. The Labute approximate surface area is 182 Å². The smallest absolute Gasteiger partial charge is 0.408 e. The number of rotatable bonds is 3. The van der Waals surface area contributed by atoms with E-state index >= 15 is 0 Å². The molecular weight excluding hydrogens is 429 g/mol. The lowest BCUT2D eigenvalue weighted by atomic mass is 10.1. The van der Waals surface area contributed by atoms with E-state index in [0.717, 1.165) is 0 Å². The van der Waals surface area contributed by atoms with Crippen LogP contribution in [0.1, 0.15) is 23.3 Å². The van der Waals surface area contributed by atoms with Crippen molar-refractivity contribution < 1.29 is 14.0 Å². The van der Waals surface area contributed by atoms with Crippen molar-refractivity contribution in [2.24, 2.45) is 0 Å². The van der Waals surface area contributed by atoms with Crippen LogP contribution in [0.3, 0.4) is 0 Å². The Morgan fingerprint density at radius 1 is 0.967 bits per heavy atom. The molecule has 1 atom stereocenters. The maximum Gasteiger partial charge on any atom is 0.420 e. The third kappa shape index (κ3) is 3.59. The van der Waals surface area contributed by atoms with Crippen LogP contribution in [0.5, 0.6) is 0 Å². The molecule has 0 bridgehead atoms. The third-order valence-corrected chi connectivity index (χ3v) is 6.14. The van der Waals surface area contributed by atoms with Crippen molar-refractivity contribution in [2.45, 2.75) is 13.0 Å². The van der Waals surface area contributed by atoms with Gasteiger partial charge >= 0.3 is 5.76 Å². The van der Waals surface area contributed by atoms with Crippen LogP contribution in [-0.4, -0.2) is 52.4 Å². The number of amides is 2.